The fourth-order valence-corrected chi connectivity index (χ4v) is 7.09. The highest BCUT2D eigenvalue weighted by atomic mass is 31.2. The number of hydrogen-bond donors (Lipinski definition) is 1. The minimum absolute atomic E-state index is 0.119. The fourth-order valence-electron chi connectivity index (χ4n) is 5.35. The van der Waals surface area contributed by atoms with Gasteiger partial charge in [-0.15, -0.1) is 0 Å². The molecule has 38 heavy (non-hydrogen) atoms. The van der Waals surface area contributed by atoms with Crippen molar-refractivity contribution in [1.82, 2.24) is 29.1 Å². The standard InChI is InChI=1S/C25H39N8O4P/c1-15(2)33(16(3)4)38(35-10-8-9-26)37-19-11-17(5)18-12-20(36-22(18)19)32-14-27-21-23(32)29-25(30-24(21)34)28-13-31(6)7/h13-20,22H,8,10-12H2,1-7H3,(H,29,30,34)/t17-,18+,19-,20+,22+,38?/m1/s1. The Hall–Kier alpha value is -2.42. The van der Waals surface area contributed by atoms with Crippen molar-refractivity contribution in [2.45, 2.75) is 84.4 Å². The molecule has 3 heterocycles. The van der Waals surface area contributed by atoms with E-state index in [1.165, 1.54) is 0 Å². The van der Waals surface area contributed by atoms with Gasteiger partial charge in [0.1, 0.15) is 6.23 Å². The Morgan fingerprint density at radius 3 is 2.74 bits per heavy atom. The molecule has 0 aromatic carbocycles. The van der Waals surface area contributed by atoms with Crippen molar-refractivity contribution in [2.24, 2.45) is 16.8 Å². The summed E-state index contributed by atoms with van der Waals surface area (Å²) in [5.74, 6) is 0.899. The van der Waals surface area contributed by atoms with Gasteiger partial charge in [0.2, 0.25) is 5.95 Å². The summed E-state index contributed by atoms with van der Waals surface area (Å²) in [6.45, 7) is 11.1. The average molecular weight is 547 g/mol. The molecule has 1 unspecified atom stereocenters. The summed E-state index contributed by atoms with van der Waals surface area (Å²) in [6, 6.07) is 2.60. The van der Waals surface area contributed by atoms with E-state index in [1.54, 1.807) is 17.6 Å². The van der Waals surface area contributed by atoms with Gasteiger partial charge >= 0.3 is 0 Å². The van der Waals surface area contributed by atoms with Crippen LogP contribution < -0.4 is 5.56 Å². The van der Waals surface area contributed by atoms with E-state index in [4.69, 9.17) is 19.0 Å². The predicted molar refractivity (Wildman–Crippen MR) is 146 cm³/mol. The van der Waals surface area contributed by atoms with Crippen LogP contribution in [0.2, 0.25) is 0 Å². The maximum absolute atomic E-state index is 12.6. The number of hydrogen-bond acceptors (Lipinski definition) is 9. The maximum atomic E-state index is 12.6. The second kappa shape index (κ2) is 12.2. The minimum atomic E-state index is -1.37. The van der Waals surface area contributed by atoms with Crippen LogP contribution in [0.1, 0.15) is 60.1 Å². The van der Waals surface area contributed by atoms with Crippen molar-refractivity contribution in [3.8, 4) is 6.07 Å². The number of rotatable bonds is 11. The molecule has 1 saturated heterocycles. The quantitative estimate of drug-likeness (QED) is 0.192. The van der Waals surface area contributed by atoms with Gasteiger partial charge in [0, 0.05) is 26.2 Å². The van der Waals surface area contributed by atoms with Crippen LogP contribution in [0.5, 0.6) is 0 Å². The zero-order valence-electron chi connectivity index (χ0n) is 23.2. The topological polar surface area (TPSA) is 134 Å². The van der Waals surface area contributed by atoms with E-state index in [1.807, 2.05) is 18.7 Å². The number of H-pyrrole nitrogens is 1. The van der Waals surface area contributed by atoms with Crippen LogP contribution in [0.4, 0.5) is 5.95 Å². The number of fused-ring (bicyclic) bond motifs is 2. The van der Waals surface area contributed by atoms with Gasteiger partial charge in [0.05, 0.1) is 44.0 Å². The molecule has 12 nitrogen and oxygen atoms in total. The van der Waals surface area contributed by atoms with E-state index in [0.29, 0.717) is 24.6 Å². The largest absolute Gasteiger partial charge is 0.369 e. The van der Waals surface area contributed by atoms with Crippen molar-refractivity contribution in [3.63, 3.8) is 0 Å². The Morgan fingerprint density at radius 2 is 2.08 bits per heavy atom. The van der Waals surface area contributed by atoms with E-state index in [9.17, 15) is 4.79 Å². The number of imidazole rings is 1. The molecule has 2 fully saturated rings. The lowest BCUT2D eigenvalue weighted by Crippen LogP contribution is -2.36. The third kappa shape index (κ3) is 6.08. The maximum Gasteiger partial charge on any atom is 0.280 e. The van der Waals surface area contributed by atoms with Crippen molar-refractivity contribution in [2.75, 3.05) is 20.7 Å². The number of nitriles is 1. The fraction of sp³-hybridized carbons (Fsp3) is 0.720. The summed E-state index contributed by atoms with van der Waals surface area (Å²) in [6.07, 6.45) is 4.59. The van der Waals surface area contributed by atoms with Crippen LogP contribution in [-0.2, 0) is 13.8 Å². The van der Waals surface area contributed by atoms with Gasteiger partial charge in [-0.05, 0) is 52.4 Å². The number of ether oxygens (including phenoxy) is 1. The SMILES string of the molecule is CC(C)N(C(C)C)P(OCCC#N)O[C@@H]1C[C@@H](C)[C@@H]2C[C@@H](n3cnc4c(=O)[nH]c(N=CN(C)C)nc43)O[C@@H]21. The molecular weight excluding hydrogens is 507 g/mol. The molecular formula is C25H39N8O4P. The highest BCUT2D eigenvalue weighted by Crippen LogP contribution is 2.54. The Kier molecular flexibility index (Phi) is 9.16. The van der Waals surface area contributed by atoms with E-state index in [-0.39, 0.29) is 53.5 Å². The molecule has 2 aliphatic rings. The van der Waals surface area contributed by atoms with Crippen LogP contribution in [0.15, 0.2) is 16.1 Å². The lowest BCUT2D eigenvalue weighted by molar-refractivity contribution is -0.0482. The molecule has 208 valence electrons. The molecule has 13 heteroatoms. The number of aromatic nitrogens is 4. The first-order chi connectivity index (χ1) is 18.1. The molecule has 0 radical (unpaired) electrons. The molecule has 1 saturated carbocycles. The third-order valence-corrected chi connectivity index (χ3v) is 9.10. The summed E-state index contributed by atoms with van der Waals surface area (Å²) in [4.78, 5) is 30.2. The van der Waals surface area contributed by atoms with E-state index < -0.39 is 8.53 Å². The van der Waals surface area contributed by atoms with Crippen LogP contribution in [0, 0.1) is 23.2 Å². The van der Waals surface area contributed by atoms with Crippen LogP contribution >= 0.6 is 8.53 Å². The smallest absolute Gasteiger partial charge is 0.280 e. The summed E-state index contributed by atoms with van der Waals surface area (Å²) in [5, 5.41) is 9.02. The summed E-state index contributed by atoms with van der Waals surface area (Å²) >= 11 is 0. The summed E-state index contributed by atoms with van der Waals surface area (Å²) in [7, 11) is 2.32. The number of nitrogens with zero attached hydrogens (tertiary/aromatic N) is 7. The highest BCUT2D eigenvalue weighted by molar-refractivity contribution is 7.44. The molecule has 1 aliphatic carbocycles. The van der Waals surface area contributed by atoms with E-state index in [2.05, 4.69) is 65.3 Å². The van der Waals surface area contributed by atoms with Gasteiger partial charge in [-0.3, -0.25) is 14.3 Å². The van der Waals surface area contributed by atoms with Crippen molar-refractivity contribution in [3.05, 3.63) is 16.7 Å². The molecule has 2 aromatic heterocycles. The van der Waals surface area contributed by atoms with Crippen LogP contribution in [-0.4, -0.2) is 80.4 Å². The van der Waals surface area contributed by atoms with Gasteiger partial charge in [-0.25, -0.2) is 14.6 Å². The van der Waals surface area contributed by atoms with Gasteiger partial charge < -0.3 is 18.7 Å². The summed E-state index contributed by atoms with van der Waals surface area (Å²) in [5.41, 5.74) is 0.368. The predicted octanol–water partition coefficient (Wildman–Crippen LogP) is 3.95. The average Bonchev–Trinajstić information content (AvgIpc) is 3.53. The first kappa shape index (κ1) is 28.6. The zero-order chi connectivity index (χ0) is 27.6. The second-order valence-corrected chi connectivity index (χ2v) is 12.2. The molecule has 6 atom stereocenters. The molecule has 0 spiro atoms. The Bertz CT molecular complexity index is 1210. The van der Waals surface area contributed by atoms with Gasteiger partial charge in [0.25, 0.3) is 14.1 Å². The van der Waals surface area contributed by atoms with Gasteiger partial charge in [-0.2, -0.15) is 10.2 Å². The first-order valence-electron chi connectivity index (χ1n) is 13.2. The number of nitrogens with one attached hydrogen (secondary N) is 1. The Balaban J connectivity index is 1.56. The lowest BCUT2D eigenvalue weighted by Gasteiger charge is -2.37. The monoisotopic (exact) mass is 546 g/mol. The van der Waals surface area contributed by atoms with Crippen LogP contribution in [0.3, 0.4) is 0 Å². The highest BCUT2D eigenvalue weighted by Gasteiger charge is 2.51. The lowest BCUT2D eigenvalue weighted by atomic mass is 9.95. The molecule has 0 bridgehead atoms. The van der Waals surface area contributed by atoms with Gasteiger partial charge in [-0.1, -0.05) is 6.92 Å². The third-order valence-electron chi connectivity index (χ3n) is 6.94. The second-order valence-electron chi connectivity index (χ2n) is 10.8. The van der Waals surface area contributed by atoms with Crippen molar-refractivity contribution in [1.29, 1.82) is 5.26 Å². The van der Waals surface area contributed by atoms with Gasteiger partial charge in [0.15, 0.2) is 11.2 Å². The minimum Gasteiger partial charge on any atom is -0.369 e. The van der Waals surface area contributed by atoms with Crippen molar-refractivity contribution >= 4 is 32.0 Å². The normalized spacial score (nSPS) is 26.2. The first-order valence-corrected chi connectivity index (χ1v) is 14.3. The Labute approximate surface area is 225 Å². The summed E-state index contributed by atoms with van der Waals surface area (Å²) < 4.78 is 23.5. The number of aliphatic imine (C=N–C) groups is 1. The molecule has 2 aromatic rings. The van der Waals surface area contributed by atoms with E-state index >= 15 is 0 Å². The molecule has 0 amide bonds. The number of aromatic amines is 1. The van der Waals surface area contributed by atoms with Crippen molar-refractivity contribution < 1.29 is 13.8 Å². The molecule has 1 N–H and O–H groups in total. The molecule has 4 rings (SSSR count). The van der Waals surface area contributed by atoms with E-state index in [0.717, 1.165) is 12.8 Å². The Morgan fingerprint density at radius 1 is 1.34 bits per heavy atom. The molecule has 1 aliphatic heterocycles. The van der Waals surface area contributed by atoms with Crippen LogP contribution in [0.25, 0.3) is 11.2 Å². The zero-order valence-corrected chi connectivity index (χ0v) is 24.1.